The molecular formula is C19H27N3O6S. The molecule has 1 saturated heterocycles. The van der Waals surface area contributed by atoms with Gasteiger partial charge in [-0.2, -0.15) is 4.31 Å². The van der Waals surface area contributed by atoms with E-state index in [2.05, 4.69) is 5.32 Å². The Bertz CT molecular complexity index is 863. The fourth-order valence-corrected chi connectivity index (χ4v) is 4.94. The molecule has 1 fully saturated rings. The van der Waals surface area contributed by atoms with Gasteiger partial charge in [0.1, 0.15) is 12.3 Å². The fraction of sp³-hybridized carbons (Fsp3) is 0.579. The Balaban J connectivity index is 1.80. The van der Waals surface area contributed by atoms with E-state index < -0.39 is 15.9 Å². The highest BCUT2D eigenvalue weighted by molar-refractivity contribution is 7.89. The number of nitrogens with zero attached hydrogens (tertiary/aromatic N) is 2. The summed E-state index contributed by atoms with van der Waals surface area (Å²) in [6.45, 7) is 4.86. The lowest BCUT2D eigenvalue weighted by molar-refractivity contribution is -0.125. The minimum atomic E-state index is -3.70. The number of rotatable bonds is 8. The highest BCUT2D eigenvalue weighted by Crippen LogP contribution is 2.34. The van der Waals surface area contributed by atoms with Crippen molar-refractivity contribution in [1.29, 1.82) is 0 Å². The number of fused-ring (bicyclic) bond motifs is 1. The zero-order chi connectivity index (χ0) is 21.0. The molecule has 0 aliphatic carbocycles. The number of anilines is 1. The Morgan fingerprint density at radius 3 is 2.72 bits per heavy atom. The Kier molecular flexibility index (Phi) is 6.76. The van der Waals surface area contributed by atoms with Crippen LogP contribution in [0.3, 0.4) is 0 Å². The van der Waals surface area contributed by atoms with Gasteiger partial charge in [-0.05, 0) is 31.0 Å². The van der Waals surface area contributed by atoms with Gasteiger partial charge in [-0.3, -0.25) is 14.5 Å². The lowest BCUT2D eigenvalue weighted by Gasteiger charge is -2.30. The van der Waals surface area contributed by atoms with Gasteiger partial charge in [0, 0.05) is 26.2 Å². The number of ether oxygens (including phenoxy) is 2. The van der Waals surface area contributed by atoms with E-state index >= 15 is 0 Å². The zero-order valence-electron chi connectivity index (χ0n) is 16.7. The number of hydrogen-bond acceptors (Lipinski definition) is 6. The highest BCUT2D eigenvalue weighted by atomic mass is 32.2. The lowest BCUT2D eigenvalue weighted by Crippen LogP contribution is -2.46. The Hall–Kier alpha value is -2.17. The molecule has 0 saturated carbocycles. The molecule has 1 aromatic carbocycles. The topological polar surface area (TPSA) is 105 Å². The van der Waals surface area contributed by atoms with Crippen molar-refractivity contribution in [3.8, 4) is 5.75 Å². The predicted molar refractivity (Wildman–Crippen MR) is 106 cm³/mol. The summed E-state index contributed by atoms with van der Waals surface area (Å²) in [4.78, 5) is 26.1. The van der Waals surface area contributed by atoms with Crippen LogP contribution in [0.5, 0.6) is 5.75 Å². The van der Waals surface area contributed by atoms with Crippen LogP contribution in [0.2, 0.25) is 0 Å². The maximum atomic E-state index is 12.8. The molecule has 1 atom stereocenters. The van der Waals surface area contributed by atoms with E-state index in [1.165, 1.54) is 27.4 Å². The van der Waals surface area contributed by atoms with Crippen LogP contribution in [-0.4, -0.2) is 70.0 Å². The Labute approximate surface area is 171 Å². The summed E-state index contributed by atoms with van der Waals surface area (Å²) in [5.41, 5.74) is 0.279. The molecule has 2 aliphatic heterocycles. The van der Waals surface area contributed by atoms with E-state index in [1.807, 2.05) is 0 Å². The number of sulfonamides is 1. The number of carbonyl (C=O) groups excluding carboxylic acids is 2. The molecule has 2 aliphatic rings. The van der Waals surface area contributed by atoms with Gasteiger partial charge in [0.15, 0.2) is 6.61 Å². The van der Waals surface area contributed by atoms with Crippen molar-refractivity contribution in [3.05, 3.63) is 18.2 Å². The van der Waals surface area contributed by atoms with Crippen LogP contribution in [0, 0.1) is 0 Å². The van der Waals surface area contributed by atoms with Gasteiger partial charge in [0.25, 0.3) is 5.91 Å². The monoisotopic (exact) mass is 425 g/mol. The van der Waals surface area contributed by atoms with Crippen molar-refractivity contribution in [1.82, 2.24) is 9.62 Å². The first kappa shape index (κ1) is 21.5. The molecular weight excluding hydrogens is 398 g/mol. The minimum Gasteiger partial charge on any atom is -0.482 e. The van der Waals surface area contributed by atoms with E-state index in [0.29, 0.717) is 32.0 Å². The normalized spacial score (nSPS) is 19.2. The third-order valence-corrected chi connectivity index (χ3v) is 7.12. The van der Waals surface area contributed by atoms with Gasteiger partial charge in [0.05, 0.1) is 16.7 Å². The maximum Gasteiger partial charge on any atom is 0.265 e. The average molecular weight is 426 g/mol. The van der Waals surface area contributed by atoms with Gasteiger partial charge < -0.3 is 14.8 Å². The number of hydrogen-bond donors (Lipinski definition) is 1. The van der Waals surface area contributed by atoms with Crippen molar-refractivity contribution in [2.24, 2.45) is 0 Å². The van der Waals surface area contributed by atoms with Crippen LogP contribution in [0.15, 0.2) is 23.1 Å². The van der Waals surface area contributed by atoms with Crippen molar-refractivity contribution >= 4 is 27.5 Å². The highest BCUT2D eigenvalue weighted by Gasteiger charge is 2.30. The van der Waals surface area contributed by atoms with Crippen LogP contribution in [-0.2, 0) is 24.3 Å². The molecule has 0 bridgehead atoms. The van der Waals surface area contributed by atoms with Gasteiger partial charge in [-0.1, -0.05) is 13.8 Å². The maximum absolute atomic E-state index is 12.8. The van der Waals surface area contributed by atoms with Crippen LogP contribution in [0.25, 0.3) is 0 Å². The molecule has 0 spiro atoms. The third kappa shape index (κ3) is 4.71. The molecule has 0 radical (unpaired) electrons. The molecule has 0 aromatic heterocycles. The zero-order valence-corrected chi connectivity index (χ0v) is 17.5. The second kappa shape index (κ2) is 9.10. The van der Waals surface area contributed by atoms with Crippen molar-refractivity contribution in [2.45, 2.75) is 37.7 Å². The minimum absolute atomic E-state index is 0.00237. The average Bonchev–Trinajstić information content (AvgIpc) is 3.22. The number of benzene rings is 1. The van der Waals surface area contributed by atoms with Crippen LogP contribution in [0.1, 0.15) is 26.7 Å². The standard InChI is InChI=1S/C19H27N3O6S/c1-3-21(4-2)29(25,26)15-7-8-17-16(10-15)22(19(24)13-28-17)12-18(23)20-11-14-6-5-9-27-14/h7-8,10,14H,3-6,9,11-13H2,1-2H3,(H,20,23)/t14-/m0/s1. The smallest absolute Gasteiger partial charge is 0.265 e. The summed E-state index contributed by atoms with van der Waals surface area (Å²) in [6, 6.07) is 4.38. The molecule has 1 N–H and O–H groups in total. The molecule has 160 valence electrons. The van der Waals surface area contributed by atoms with Crippen LogP contribution >= 0.6 is 0 Å². The van der Waals surface area contributed by atoms with E-state index in [1.54, 1.807) is 13.8 Å². The summed E-state index contributed by atoms with van der Waals surface area (Å²) in [5.74, 6) is -0.365. The SMILES string of the molecule is CCN(CC)S(=O)(=O)c1ccc2c(c1)N(CC(=O)NC[C@@H]1CCCO1)C(=O)CO2. The molecule has 3 rings (SSSR count). The first-order valence-electron chi connectivity index (χ1n) is 9.82. The van der Waals surface area contributed by atoms with Gasteiger partial charge >= 0.3 is 0 Å². The first-order valence-corrected chi connectivity index (χ1v) is 11.3. The summed E-state index contributed by atoms with van der Waals surface area (Å²) < 4.78 is 37.9. The van der Waals surface area contributed by atoms with Crippen molar-refractivity contribution < 1.29 is 27.5 Å². The number of amides is 2. The lowest BCUT2D eigenvalue weighted by atomic mass is 10.2. The molecule has 2 amide bonds. The second-order valence-electron chi connectivity index (χ2n) is 6.93. The predicted octanol–water partition coefficient (Wildman–Crippen LogP) is 0.738. The molecule has 1 aromatic rings. The largest absolute Gasteiger partial charge is 0.482 e. The fourth-order valence-electron chi connectivity index (χ4n) is 3.46. The van der Waals surface area contributed by atoms with Crippen molar-refractivity contribution in [3.63, 3.8) is 0 Å². The van der Waals surface area contributed by atoms with E-state index in [4.69, 9.17) is 9.47 Å². The van der Waals surface area contributed by atoms with E-state index in [-0.39, 0.29) is 35.7 Å². The summed E-state index contributed by atoms with van der Waals surface area (Å²) in [5, 5.41) is 2.78. The van der Waals surface area contributed by atoms with Crippen molar-refractivity contribution in [2.75, 3.05) is 44.3 Å². The second-order valence-corrected chi connectivity index (χ2v) is 8.86. The molecule has 10 heteroatoms. The summed E-state index contributed by atoms with van der Waals surface area (Å²) >= 11 is 0. The number of nitrogens with one attached hydrogen (secondary N) is 1. The van der Waals surface area contributed by atoms with Gasteiger partial charge in [-0.15, -0.1) is 0 Å². The van der Waals surface area contributed by atoms with Crippen LogP contribution < -0.4 is 15.0 Å². The quantitative estimate of drug-likeness (QED) is 0.659. The summed E-state index contributed by atoms with van der Waals surface area (Å²) in [7, 11) is -3.70. The molecule has 29 heavy (non-hydrogen) atoms. The summed E-state index contributed by atoms with van der Waals surface area (Å²) in [6.07, 6.45) is 1.86. The first-order chi connectivity index (χ1) is 13.9. The Morgan fingerprint density at radius 2 is 2.07 bits per heavy atom. The molecule has 0 unspecified atom stereocenters. The Morgan fingerprint density at radius 1 is 1.31 bits per heavy atom. The van der Waals surface area contributed by atoms with E-state index in [9.17, 15) is 18.0 Å². The number of carbonyl (C=O) groups is 2. The molecule has 2 heterocycles. The molecule has 9 nitrogen and oxygen atoms in total. The van der Waals surface area contributed by atoms with E-state index in [0.717, 1.165) is 12.8 Å². The van der Waals surface area contributed by atoms with Crippen LogP contribution in [0.4, 0.5) is 5.69 Å². The third-order valence-electron chi connectivity index (χ3n) is 5.07. The van der Waals surface area contributed by atoms with Gasteiger partial charge in [-0.25, -0.2) is 8.42 Å². The van der Waals surface area contributed by atoms with Gasteiger partial charge in [0.2, 0.25) is 15.9 Å².